The largest absolute Gasteiger partial charge is 0.328 e. The van der Waals surface area contributed by atoms with Gasteiger partial charge in [0, 0.05) is 18.1 Å². The normalized spacial score (nSPS) is 9.87. The van der Waals surface area contributed by atoms with Gasteiger partial charge in [0.25, 0.3) is 0 Å². The van der Waals surface area contributed by atoms with Crippen LogP contribution in [0.5, 0.6) is 0 Å². The monoisotopic (exact) mass is 274 g/mol. The summed E-state index contributed by atoms with van der Waals surface area (Å²) in [7, 11) is 1.69. The topological polar surface area (TPSA) is 32.3 Å². The molecule has 0 saturated carbocycles. The van der Waals surface area contributed by atoms with Crippen LogP contribution in [0.15, 0.2) is 22.7 Å². The number of nitrogens with zero attached hydrogens (tertiary/aromatic N) is 1. The SMILES string of the molecule is CCN(C)C(=O)Nc1ccc(F)cc1Br. The number of hydrogen-bond acceptors (Lipinski definition) is 1. The lowest BCUT2D eigenvalue weighted by Gasteiger charge is -2.16. The molecule has 1 aromatic rings. The van der Waals surface area contributed by atoms with Crippen LogP contribution in [0.25, 0.3) is 0 Å². The molecule has 1 aromatic carbocycles. The minimum absolute atomic E-state index is 0.218. The Hall–Kier alpha value is -1.10. The van der Waals surface area contributed by atoms with E-state index in [-0.39, 0.29) is 11.8 Å². The smallest absolute Gasteiger partial charge is 0.321 e. The number of benzene rings is 1. The zero-order valence-corrected chi connectivity index (χ0v) is 10.1. The van der Waals surface area contributed by atoms with Crippen LogP contribution in [0.4, 0.5) is 14.9 Å². The van der Waals surface area contributed by atoms with Crippen LogP contribution in [-0.4, -0.2) is 24.5 Å². The number of carbonyl (C=O) groups excluding carboxylic acids is 1. The number of nitrogens with one attached hydrogen (secondary N) is 1. The van der Waals surface area contributed by atoms with Gasteiger partial charge in [-0.3, -0.25) is 0 Å². The number of rotatable bonds is 2. The van der Waals surface area contributed by atoms with Gasteiger partial charge in [0.2, 0.25) is 0 Å². The number of carbonyl (C=O) groups is 1. The minimum atomic E-state index is -0.344. The summed E-state index contributed by atoms with van der Waals surface area (Å²) in [5.74, 6) is -0.344. The molecule has 0 heterocycles. The molecule has 0 aromatic heterocycles. The van der Waals surface area contributed by atoms with E-state index in [4.69, 9.17) is 0 Å². The van der Waals surface area contributed by atoms with Gasteiger partial charge in [-0.1, -0.05) is 0 Å². The van der Waals surface area contributed by atoms with Crippen molar-refractivity contribution in [3.8, 4) is 0 Å². The molecule has 15 heavy (non-hydrogen) atoms. The standard InChI is InChI=1S/C10H12BrFN2O/c1-3-14(2)10(15)13-9-5-4-7(12)6-8(9)11/h4-6H,3H2,1-2H3,(H,13,15). The summed E-state index contributed by atoms with van der Waals surface area (Å²) in [6.45, 7) is 2.49. The maximum atomic E-state index is 12.8. The highest BCUT2D eigenvalue weighted by Gasteiger charge is 2.08. The Labute approximate surface area is 96.4 Å². The Morgan fingerprint density at radius 2 is 2.27 bits per heavy atom. The van der Waals surface area contributed by atoms with Gasteiger partial charge in [-0.2, -0.15) is 0 Å². The van der Waals surface area contributed by atoms with Crippen molar-refractivity contribution < 1.29 is 9.18 Å². The Balaban J connectivity index is 2.77. The van der Waals surface area contributed by atoms with Crippen LogP contribution in [0.1, 0.15) is 6.92 Å². The molecular formula is C10H12BrFN2O. The van der Waals surface area contributed by atoms with E-state index in [1.165, 1.54) is 23.1 Å². The predicted molar refractivity (Wildman–Crippen MR) is 61.4 cm³/mol. The molecule has 0 spiro atoms. The molecular weight excluding hydrogens is 263 g/mol. The van der Waals surface area contributed by atoms with Gasteiger partial charge in [-0.15, -0.1) is 0 Å². The molecule has 0 aliphatic heterocycles. The molecule has 0 aliphatic carbocycles. The Bertz CT molecular complexity index is 370. The van der Waals surface area contributed by atoms with E-state index in [0.717, 1.165) is 0 Å². The lowest BCUT2D eigenvalue weighted by molar-refractivity contribution is 0.224. The van der Waals surface area contributed by atoms with Crippen LogP contribution in [0.2, 0.25) is 0 Å². The molecule has 1 rings (SSSR count). The van der Waals surface area contributed by atoms with Crippen molar-refractivity contribution >= 4 is 27.6 Å². The van der Waals surface area contributed by atoms with Gasteiger partial charge in [0.1, 0.15) is 5.82 Å². The number of hydrogen-bond donors (Lipinski definition) is 1. The van der Waals surface area contributed by atoms with E-state index in [1.807, 2.05) is 6.92 Å². The molecule has 0 radical (unpaired) electrons. The summed E-state index contributed by atoms with van der Waals surface area (Å²) in [6, 6.07) is 3.90. The second-order valence-electron chi connectivity index (χ2n) is 3.07. The van der Waals surface area contributed by atoms with Crippen molar-refractivity contribution in [2.75, 3.05) is 18.9 Å². The molecule has 5 heteroatoms. The average Bonchev–Trinajstić information content (AvgIpc) is 2.20. The average molecular weight is 275 g/mol. The molecule has 3 nitrogen and oxygen atoms in total. The van der Waals surface area contributed by atoms with Crippen LogP contribution < -0.4 is 5.32 Å². The van der Waals surface area contributed by atoms with Crippen molar-refractivity contribution in [2.24, 2.45) is 0 Å². The summed E-state index contributed by atoms with van der Waals surface area (Å²) in [4.78, 5) is 13.0. The number of anilines is 1. The first kappa shape index (κ1) is 12.0. The van der Waals surface area contributed by atoms with E-state index in [0.29, 0.717) is 16.7 Å². The first-order valence-electron chi connectivity index (χ1n) is 4.51. The number of halogens is 2. The quantitative estimate of drug-likeness (QED) is 0.883. The zero-order valence-electron chi connectivity index (χ0n) is 8.55. The Morgan fingerprint density at radius 1 is 1.60 bits per heavy atom. The van der Waals surface area contributed by atoms with Gasteiger partial charge in [0.05, 0.1) is 5.69 Å². The van der Waals surface area contributed by atoms with E-state index in [9.17, 15) is 9.18 Å². The van der Waals surface area contributed by atoms with Crippen molar-refractivity contribution in [1.82, 2.24) is 4.90 Å². The van der Waals surface area contributed by atoms with Gasteiger partial charge in [0.15, 0.2) is 0 Å². The highest BCUT2D eigenvalue weighted by Crippen LogP contribution is 2.23. The zero-order chi connectivity index (χ0) is 11.4. The minimum Gasteiger partial charge on any atom is -0.328 e. The molecule has 0 unspecified atom stereocenters. The predicted octanol–water partition coefficient (Wildman–Crippen LogP) is 3.07. The van der Waals surface area contributed by atoms with E-state index < -0.39 is 0 Å². The second-order valence-corrected chi connectivity index (χ2v) is 3.92. The molecule has 0 fully saturated rings. The number of amides is 2. The molecule has 0 atom stereocenters. The summed E-state index contributed by atoms with van der Waals surface area (Å²) in [5.41, 5.74) is 0.557. The first-order valence-corrected chi connectivity index (χ1v) is 5.31. The lowest BCUT2D eigenvalue weighted by Crippen LogP contribution is -2.31. The second kappa shape index (κ2) is 5.11. The Kier molecular flexibility index (Phi) is 4.08. The van der Waals surface area contributed by atoms with Gasteiger partial charge in [-0.05, 0) is 41.1 Å². The molecule has 0 aliphatic rings. The Morgan fingerprint density at radius 3 is 2.80 bits per heavy atom. The molecule has 2 amide bonds. The van der Waals surface area contributed by atoms with Gasteiger partial charge < -0.3 is 10.2 Å². The first-order chi connectivity index (χ1) is 7.04. The summed E-state index contributed by atoms with van der Waals surface area (Å²) >= 11 is 3.17. The van der Waals surface area contributed by atoms with Crippen molar-refractivity contribution in [3.63, 3.8) is 0 Å². The third kappa shape index (κ3) is 3.20. The van der Waals surface area contributed by atoms with Crippen LogP contribution in [0, 0.1) is 5.82 Å². The highest BCUT2D eigenvalue weighted by molar-refractivity contribution is 9.10. The van der Waals surface area contributed by atoms with Crippen molar-refractivity contribution in [2.45, 2.75) is 6.92 Å². The highest BCUT2D eigenvalue weighted by atomic mass is 79.9. The van der Waals surface area contributed by atoms with Gasteiger partial charge in [-0.25, -0.2) is 9.18 Å². The maximum absolute atomic E-state index is 12.8. The lowest BCUT2D eigenvalue weighted by atomic mass is 10.3. The fraction of sp³-hybridized carbons (Fsp3) is 0.300. The third-order valence-electron chi connectivity index (χ3n) is 1.99. The summed E-state index contributed by atoms with van der Waals surface area (Å²) < 4.78 is 13.3. The van der Waals surface area contributed by atoms with Crippen LogP contribution in [0.3, 0.4) is 0 Å². The summed E-state index contributed by atoms with van der Waals surface area (Å²) in [6.07, 6.45) is 0. The molecule has 82 valence electrons. The van der Waals surface area contributed by atoms with Gasteiger partial charge >= 0.3 is 6.03 Å². The third-order valence-corrected chi connectivity index (χ3v) is 2.65. The van der Waals surface area contributed by atoms with Crippen LogP contribution in [-0.2, 0) is 0 Å². The number of urea groups is 1. The van der Waals surface area contributed by atoms with Crippen molar-refractivity contribution in [1.29, 1.82) is 0 Å². The molecule has 0 bridgehead atoms. The van der Waals surface area contributed by atoms with E-state index in [2.05, 4.69) is 21.2 Å². The maximum Gasteiger partial charge on any atom is 0.321 e. The molecule has 0 saturated heterocycles. The van der Waals surface area contributed by atoms with Crippen molar-refractivity contribution in [3.05, 3.63) is 28.5 Å². The van der Waals surface area contributed by atoms with E-state index in [1.54, 1.807) is 7.05 Å². The van der Waals surface area contributed by atoms with Crippen LogP contribution >= 0.6 is 15.9 Å². The fourth-order valence-corrected chi connectivity index (χ4v) is 1.40. The fourth-order valence-electron chi connectivity index (χ4n) is 0.945. The molecule has 1 N–H and O–H groups in total. The summed E-state index contributed by atoms with van der Waals surface area (Å²) in [5, 5.41) is 2.66. The van der Waals surface area contributed by atoms with E-state index >= 15 is 0 Å².